The molecule has 7 heteroatoms. The minimum atomic E-state index is -3.63. The summed E-state index contributed by atoms with van der Waals surface area (Å²) < 4.78 is 27.2. The van der Waals surface area contributed by atoms with E-state index in [0.29, 0.717) is 12.1 Å². The van der Waals surface area contributed by atoms with Crippen molar-refractivity contribution in [3.05, 3.63) is 16.5 Å². The maximum Gasteiger partial charge on any atom is 0.346 e. The molecule has 120 valence electrons. The Morgan fingerprint density at radius 3 is 2.48 bits per heavy atom. The van der Waals surface area contributed by atoms with Crippen molar-refractivity contribution in [1.82, 2.24) is 4.31 Å². The zero-order valence-electron chi connectivity index (χ0n) is 12.9. The topological polar surface area (TPSA) is 74.7 Å². The van der Waals surface area contributed by atoms with E-state index in [1.54, 1.807) is 6.92 Å². The van der Waals surface area contributed by atoms with Crippen molar-refractivity contribution >= 4 is 27.3 Å². The summed E-state index contributed by atoms with van der Waals surface area (Å²) in [6, 6.07) is 1.36. The van der Waals surface area contributed by atoms with Crippen LogP contribution in [0.2, 0.25) is 0 Å². The van der Waals surface area contributed by atoms with E-state index in [2.05, 4.69) is 0 Å². The number of carbonyl (C=O) groups is 1. The van der Waals surface area contributed by atoms with Gasteiger partial charge in [-0.05, 0) is 38.3 Å². The number of hydrogen-bond acceptors (Lipinski definition) is 4. The van der Waals surface area contributed by atoms with Crippen molar-refractivity contribution in [3.63, 3.8) is 0 Å². The van der Waals surface area contributed by atoms with Crippen molar-refractivity contribution in [3.8, 4) is 0 Å². The zero-order chi connectivity index (χ0) is 16.2. The minimum absolute atomic E-state index is 0.0909. The van der Waals surface area contributed by atoms with Crippen molar-refractivity contribution in [1.29, 1.82) is 0 Å². The van der Waals surface area contributed by atoms with Gasteiger partial charge in [0.15, 0.2) is 0 Å². The summed E-state index contributed by atoms with van der Waals surface area (Å²) >= 11 is 0.835. The Bertz CT molecular complexity index is 592. The van der Waals surface area contributed by atoms with E-state index in [1.807, 2.05) is 20.8 Å². The predicted octanol–water partition coefficient (Wildman–Crippen LogP) is 3.34. The maximum absolute atomic E-state index is 12.8. The molecule has 0 aromatic carbocycles. The number of hydrogen-bond donors (Lipinski definition) is 1. The van der Waals surface area contributed by atoms with Gasteiger partial charge in [-0.25, -0.2) is 13.2 Å². The highest BCUT2D eigenvalue weighted by Crippen LogP contribution is 2.30. The molecule has 0 radical (unpaired) electrons. The summed E-state index contributed by atoms with van der Waals surface area (Å²) in [5, 5.41) is 9.08. The lowest BCUT2D eigenvalue weighted by molar-refractivity contribution is 0.0701. The number of aryl methyl sites for hydroxylation is 1. The molecule has 0 aliphatic rings. The highest BCUT2D eigenvalue weighted by molar-refractivity contribution is 7.91. The van der Waals surface area contributed by atoms with E-state index in [9.17, 15) is 13.2 Å². The lowest BCUT2D eigenvalue weighted by Gasteiger charge is -2.26. The van der Waals surface area contributed by atoms with Gasteiger partial charge < -0.3 is 5.11 Å². The van der Waals surface area contributed by atoms with Crippen LogP contribution in [0, 0.1) is 6.92 Å². The molecule has 1 unspecified atom stereocenters. The molecule has 1 aromatic heterocycles. The molecular weight excluding hydrogens is 310 g/mol. The highest BCUT2D eigenvalue weighted by Gasteiger charge is 2.30. The normalized spacial score (nSPS) is 13.6. The Kier molecular flexibility index (Phi) is 6.37. The second-order valence-corrected chi connectivity index (χ2v) is 8.28. The van der Waals surface area contributed by atoms with Crippen LogP contribution in [0.3, 0.4) is 0 Å². The number of aromatic carboxylic acids is 1. The van der Waals surface area contributed by atoms with Gasteiger partial charge in [-0.15, -0.1) is 11.3 Å². The van der Waals surface area contributed by atoms with Crippen molar-refractivity contribution in [2.45, 2.75) is 57.2 Å². The molecule has 5 nitrogen and oxygen atoms in total. The Hall–Kier alpha value is -0.920. The molecule has 0 saturated heterocycles. The summed E-state index contributed by atoms with van der Waals surface area (Å²) in [5.41, 5.74) is 0.491. The van der Waals surface area contributed by atoms with E-state index in [-0.39, 0.29) is 15.1 Å². The number of sulfonamides is 1. The van der Waals surface area contributed by atoms with Crippen molar-refractivity contribution in [2.75, 3.05) is 6.54 Å². The first-order chi connectivity index (χ1) is 9.75. The molecule has 0 fully saturated rings. The van der Waals surface area contributed by atoms with Crippen LogP contribution in [-0.2, 0) is 10.0 Å². The first-order valence-electron chi connectivity index (χ1n) is 7.11. The first kappa shape index (κ1) is 18.1. The van der Waals surface area contributed by atoms with Gasteiger partial charge in [0.25, 0.3) is 10.0 Å². The van der Waals surface area contributed by atoms with Gasteiger partial charge in [-0.1, -0.05) is 20.3 Å². The SMILES string of the molecule is CCCCN(C(C)CC)S(=O)(=O)c1cc(C)c(C(=O)O)s1. The van der Waals surface area contributed by atoms with E-state index in [0.717, 1.165) is 30.6 Å². The number of carboxylic acids is 1. The van der Waals surface area contributed by atoms with Crippen molar-refractivity contribution in [2.24, 2.45) is 0 Å². The van der Waals surface area contributed by atoms with Crippen molar-refractivity contribution < 1.29 is 18.3 Å². The van der Waals surface area contributed by atoms with Gasteiger partial charge in [0.2, 0.25) is 0 Å². The van der Waals surface area contributed by atoms with Crippen LogP contribution in [0.25, 0.3) is 0 Å². The highest BCUT2D eigenvalue weighted by atomic mass is 32.2. The molecule has 0 amide bonds. The molecule has 1 rings (SSSR count). The quantitative estimate of drug-likeness (QED) is 0.791. The van der Waals surface area contributed by atoms with Crippen LogP contribution in [0.15, 0.2) is 10.3 Å². The van der Waals surface area contributed by atoms with Crippen LogP contribution in [0.4, 0.5) is 0 Å². The van der Waals surface area contributed by atoms with Gasteiger partial charge in [0.05, 0.1) is 0 Å². The van der Waals surface area contributed by atoms with E-state index >= 15 is 0 Å². The summed E-state index contributed by atoms with van der Waals surface area (Å²) in [4.78, 5) is 11.2. The number of rotatable bonds is 8. The molecule has 1 heterocycles. The average Bonchev–Trinajstić information content (AvgIpc) is 2.81. The Morgan fingerprint density at radius 2 is 2.05 bits per heavy atom. The molecule has 0 bridgehead atoms. The molecule has 0 saturated carbocycles. The molecule has 1 aromatic rings. The van der Waals surface area contributed by atoms with Gasteiger partial charge in [0, 0.05) is 12.6 Å². The number of nitrogens with zero attached hydrogens (tertiary/aromatic N) is 1. The Morgan fingerprint density at radius 1 is 1.43 bits per heavy atom. The number of carboxylic acid groups (broad SMARTS) is 1. The molecule has 1 N–H and O–H groups in total. The van der Waals surface area contributed by atoms with Crippen LogP contribution in [0.5, 0.6) is 0 Å². The Labute approximate surface area is 130 Å². The predicted molar refractivity (Wildman–Crippen MR) is 84.6 cm³/mol. The summed E-state index contributed by atoms with van der Waals surface area (Å²) in [5.74, 6) is -1.08. The molecule has 21 heavy (non-hydrogen) atoms. The van der Waals surface area contributed by atoms with Crippen LogP contribution >= 0.6 is 11.3 Å². The van der Waals surface area contributed by atoms with Gasteiger partial charge >= 0.3 is 5.97 Å². The monoisotopic (exact) mass is 333 g/mol. The molecule has 0 spiro atoms. The second-order valence-electron chi connectivity index (χ2n) is 5.11. The first-order valence-corrected chi connectivity index (χ1v) is 9.36. The third kappa shape index (κ3) is 4.05. The van der Waals surface area contributed by atoms with E-state index < -0.39 is 16.0 Å². The van der Waals surface area contributed by atoms with E-state index in [1.165, 1.54) is 10.4 Å². The third-order valence-corrected chi connectivity index (χ3v) is 7.15. The Balaban J connectivity index is 3.22. The molecular formula is C14H23NO4S2. The minimum Gasteiger partial charge on any atom is -0.477 e. The van der Waals surface area contributed by atoms with Crippen LogP contribution in [-0.4, -0.2) is 36.4 Å². The zero-order valence-corrected chi connectivity index (χ0v) is 14.6. The lowest BCUT2D eigenvalue weighted by atomic mass is 10.2. The fourth-order valence-corrected chi connectivity index (χ4v) is 5.25. The lowest BCUT2D eigenvalue weighted by Crippen LogP contribution is -2.38. The van der Waals surface area contributed by atoms with E-state index in [4.69, 9.17) is 5.11 Å². The fraction of sp³-hybridized carbons (Fsp3) is 0.643. The summed E-state index contributed by atoms with van der Waals surface area (Å²) in [6.45, 7) is 7.93. The second kappa shape index (κ2) is 7.38. The molecule has 0 aliphatic heterocycles. The summed E-state index contributed by atoms with van der Waals surface area (Å²) in [6.07, 6.45) is 2.42. The average molecular weight is 333 g/mol. The number of unbranched alkanes of at least 4 members (excludes halogenated alkanes) is 1. The largest absolute Gasteiger partial charge is 0.477 e. The fourth-order valence-electron chi connectivity index (χ4n) is 2.00. The summed E-state index contributed by atoms with van der Waals surface area (Å²) in [7, 11) is -3.63. The number of thiophene rings is 1. The maximum atomic E-state index is 12.8. The van der Waals surface area contributed by atoms with Gasteiger partial charge in [-0.3, -0.25) is 0 Å². The molecule has 1 atom stereocenters. The third-order valence-electron chi connectivity index (χ3n) is 3.47. The molecule has 0 aliphatic carbocycles. The smallest absolute Gasteiger partial charge is 0.346 e. The van der Waals surface area contributed by atoms with Gasteiger partial charge in [0.1, 0.15) is 9.09 Å². The van der Waals surface area contributed by atoms with Crippen LogP contribution in [0.1, 0.15) is 55.3 Å². The van der Waals surface area contributed by atoms with Crippen LogP contribution < -0.4 is 0 Å². The van der Waals surface area contributed by atoms with Gasteiger partial charge in [-0.2, -0.15) is 4.31 Å². The standard InChI is InChI=1S/C14H23NO4S2/c1-5-7-8-15(11(4)6-2)21(18,19)12-9-10(3)13(20-12)14(16)17/h9,11H,5-8H2,1-4H3,(H,16,17).